The number of fused-ring (bicyclic) bond motifs is 1. The minimum Gasteiger partial charge on any atom is -0.366 e. The molecule has 0 spiro atoms. The van der Waals surface area contributed by atoms with E-state index >= 15 is 0 Å². The number of benzene rings is 1. The third kappa shape index (κ3) is 3.57. The fraction of sp³-hybridized carbons (Fsp3) is 0.235. The molecule has 1 amide bonds. The summed E-state index contributed by atoms with van der Waals surface area (Å²) in [5.74, 6) is -2.01. The average Bonchev–Trinajstić information content (AvgIpc) is 2.86. The van der Waals surface area contributed by atoms with Crippen molar-refractivity contribution in [2.24, 2.45) is 7.05 Å². The van der Waals surface area contributed by atoms with Crippen molar-refractivity contribution in [3.8, 4) is 0 Å². The van der Waals surface area contributed by atoms with E-state index in [1.165, 1.54) is 35.0 Å². The second kappa shape index (κ2) is 6.76. The minimum absolute atomic E-state index is 0.00289. The van der Waals surface area contributed by atoms with E-state index in [1.807, 2.05) is 0 Å². The maximum Gasteiger partial charge on any atom is 0.272 e. The highest BCUT2D eigenvalue weighted by Gasteiger charge is 2.29. The topological polar surface area (TPSA) is 71.4 Å². The molecule has 6 nitrogen and oxygen atoms in total. The zero-order chi connectivity index (χ0) is 19.9. The second-order valence-electron chi connectivity index (χ2n) is 6.17. The molecule has 3 rings (SSSR count). The van der Waals surface area contributed by atoms with Crippen LogP contribution in [0.25, 0.3) is 6.08 Å². The Morgan fingerprint density at radius 1 is 1.26 bits per heavy atom. The zero-order valence-corrected chi connectivity index (χ0v) is 15.2. The summed E-state index contributed by atoms with van der Waals surface area (Å²) in [6, 6.07) is 2.84. The molecule has 0 saturated carbocycles. The summed E-state index contributed by atoms with van der Waals surface area (Å²) >= 11 is 0. The molecule has 1 aromatic carbocycles. The number of sulfone groups is 1. The van der Waals surface area contributed by atoms with Gasteiger partial charge in [-0.2, -0.15) is 0 Å². The molecule has 144 valence electrons. The van der Waals surface area contributed by atoms with Crippen LogP contribution in [-0.4, -0.2) is 36.7 Å². The van der Waals surface area contributed by atoms with E-state index in [2.05, 4.69) is 5.32 Å². The highest BCUT2D eigenvalue weighted by molar-refractivity contribution is 7.91. The molecule has 1 aromatic heterocycles. The number of alkyl halides is 2. The number of hydrogen-bond donors (Lipinski definition) is 1. The number of carbonyl (C=O) groups is 1. The van der Waals surface area contributed by atoms with E-state index < -0.39 is 33.6 Å². The Labute approximate surface area is 153 Å². The van der Waals surface area contributed by atoms with Gasteiger partial charge in [-0.05, 0) is 24.3 Å². The largest absolute Gasteiger partial charge is 0.366 e. The Hall–Kier alpha value is -2.75. The maximum absolute atomic E-state index is 13.4. The Balaban J connectivity index is 2.01. The summed E-state index contributed by atoms with van der Waals surface area (Å²) in [5.41, 5.74) is -0.606. The van der Waals surface area contributed by atoms with Gasteiger partial charge in [0.05, 0.1) is 10.5 Å². The van der Waals surface area contributed by atoms with Gasteiger partial charge in [-0.3, -0.25) is 4.79 Å². The third-order valence-electron chi connectivity index (χ3n) is 4.09. The van der Waals surface area contributed by atoms with Crippen LogP contribution in [-0.2, 0) is 16.9 Å². The van der Waals surface area contributed by atoms with Crippen molar-refractivity contribution < 1.29 is 26.4 Å². The molecule has 2 aromatic rings. The lowest BCUT2D eigenvalue weighted by Crippen LogP contribution is -2.19. The summed E-state index contributed by atoms with van der Waals surface area (Å²) in [4.78, 5) is 14.2. The molecule has 0 unspecified atom stereocenters. The monoisotopic (exact) mass is 399 g/mol. The fourth-order valence-electron chi connectivity index (χ4n) is 2.87. The lowest BCUT2D eigenvalue weighted by Gasteiger charge is -2.10. The number of aryl methyl sites for hydroxylation is 1. The zero-order valence-electron chi connectivity index (χ0n) is 14.4. The lowest BCUT2D eigenvalue weighted by atomic mass is 10.1. The standard InChI is InChI=1S/C17H16F3N3O3S/c1-22-6-5-11-14(27(25,26)9-22)8-23(2)15(11)17(24)21-10-3-4-13(18)12(7-10)16(19)20/h3-8,16H,9H2,1-2H3,(H,21,24). The lowest BCUT2D eigenvalue weighted by molar-refractivity contribution is 0.101. The van der Waals surface area contributed by atoms with E-state index in [4.69, 9.17) is 0 Å². The molecule has 2 heterocycles. The van der Waals surface area contributed by atoms with Gasteiger partial charge in [0, 0.05) is 37.7 Å². The summed E-state index contributed by atoms with van der Waals surface area (Å²) < 4.78 is 65.3. The van der Waals surface area contributed by atoms with Gasteiger partial charge in [0.2, 0.25) is 0 Å². The van der Waals surface area contributed by atoms with Gasteiger partial charge in [0.25, 0.3) is 12.3 Å². The van der Waals surface area contributed by atoms with Crippen LogP contribution in [0.4, 0.5) is 18.9 Å². The quantitative estimate of drug-likeness (QED) is 0.861. The Morgan fingerprint density at radius 3 is 2.63 bits per heavy atom. The van der Waals surface area contributed by atoms with Crippen LogP contribution in [0.15, 0.2) is 35.5 Å². The normalized spacial score (nSPS) is 15.6. The SMILES string of the molecule is CN1C=Cc2c(cn(C)c2C(=O)Nc2ccc(F)c(C(F)F)c2)S(=O)(=O)C1. The van der Waals surface area contributed by atoms with E-state index in [-0.39, 0.29) is 27.7 Å². The first-order valence-corrected chi connectivity index (χ1v) is 9.45. The first-order chi connectivity index (χ1) is 12.6. The molecule has 0 bridgehead atoms. The van der Waals surface area contributed by atoms with Crippen LogP contribution in [0.2, 0.25) is 0 Å². The summed E-state index contributed by atoms with van der Waals surface area (Å²) in [5, 5.41) is 2.41. The van der Waals surface area contributed by atoms with Gasteiger partial charge in [-0.25, -0.2) is 21.6 Å². The van der Waals surface area contributed by atoms with Crippen LogP contribution in [0.5, 0.6) is 0 Å². The number of carbonyl (C=O) groups excluding carboxylic acids is 1. The highest BCUT2D eigenvalue weighted by atomic mass is 32.2. The number of anilines is 1. The van der Waals surface area contributed by atoms with E-state index in [0.717, 1.165) is 18.2 Å². The predicted molar refractivity (Wildman–Crippen MR) is 93.6 cm³/mol. The molecule has 1 aliphatic heterocycles. The van der Waals surface area contributed by atoms with E-state index in [1.54, 1.807) is 7.05 Å². The number of nitrogens with zero attached hydrogens (tertiary/aromatic N) is 2. The molecule has 0 atom stereocenters. The molecule has 27 heavy (non-hydrogen) atoms. The molecule has 0 aliphatic carbocycles. The number of halogens is 3. The Bertz CT molecular complexity index is 1050. The van der Waals surface area contributed by atoms with Gasteiger partial charge >= 0.3 is 0 Å². The van der Waals surface area contributed by atoms with Crippen molar-refractivity contribution in [3.05, 3.63) is 53.2 Å². The molecule has 10 heteroatoms. The smallest absolute Gasteiger partial charge is 0.272 e. The number of hydrogen-bond acceptors (Lipinski definition) is 4. The van der Waals surface area contributed by atoms with Gasteiger partial charge in [0.1, 0.15) is 17.4 Å². The number of nitrogens with one attached hydrogen (secondary N) is 1. The summed E-state index contributed by atoms with van der Waals surface area (Å²) in [6.45, 7) is 0. The number of aromatic nitrogens is 1. The van der Waals surface area contributed by atoms with Crippen LogP contribution in [0.1, 0.15) is 28.0 Å². The van der Waals surface area contributed by atoms with Gasteiger partial charge in [0.15, 0.2) is 9.84 Å². The molecular weight excluding hydrogens is 383 g/mol. The first kappa shape index (κ1) is 19.0. The Morgan fingerprint density at radius 2 is 1.96 bits per heavy atom. The Kier molecular flexibility index (Phi) is 4.77. The van der Waals surface area contributed by atoms with Crippen LogP contribution in [0.3, 0.4) is 0 Å². The van der Waals surface area contributed by atoms with Gasteiger partial charge in [-0.1, -0.05) is 0 Å². The van der Waals surface area contributed by atoms with E-state index in [0.29, 0.717) is 0 Å². The molecule has 1 N–H and O–H groups in total. The van der Waals surface area contributed by atoms with Crippen molar-refractivity contribution in [1.29, 1.82) is 0 Å². The van der Waals surface area contributed by atoms with Crippen molar-refractivity contribution in [2.45, 2.75) is 11.3 Å². The van der Waals surface area contributed by atoms with Gasteiger partial charge in [-0.15, -0.1) is 0 Å². The summed E-state index contributed by atoms with van der Waals surface area (Å²) in [7, 11) is -0.552. The molecule has 0 saturated heterocycles. The minimum atomic E-state index is -3.65. The van der Waals surface area contributed by atoms with Crippen molar-refractivity contribution >= 4 is 27.5 Å². The van der Waals surface area contributed by atoms with Crippen molar-refractivity contribution in [1.82, 2.24) is 9.47 Å². The third-order valence-corrected chi connectivity index (χ3v) is 5.84. The highest BCUT2D eigenvalue weighted by Crippen LogP contribution is 2.29. The molecular formula is C17H16F3N3O3S. The van der Waals surface area contributed by atoms with Crippen LogP contribution < -0.4 is 5.32 Å². The van der Waals surface area contributed by atoms with Crippen molar-refractivity contribution in [3.63, 3.8) is 0 Å². The molecule has 1 aliphatic rings. The molecule has 0 fully saturated rings. The molecule has 0 radical (unpaired) electrons. The fourth-order valence-corrected chi connectivity index (χ4v) is 4.45. The van der Waals surface area contributed by atoms with E-state index in [9.17, 15) is 26.4 Å². The predicted octanol–water partition coefficient (Wildman–Crippen LogP) is 3.00. The van der Waals surface area contributed by atoms with Gasteiger partial charge < -0.3 is 14.8 Å². The number of rotatable bonds is 3. The van der Waals surface area contributed by atoms with Crippen molar-refractivity contribution in [2.75, 3.05) is 18.2 Å². The maximum atomic E-state index is 13.4. The summed E-state index contributed by atoms with van der Waals surface area (Å²) in [6.07, 6.45) is 1.34. The second-order valence-corrected chi connectivity index (χ2v) is 8.10. The van der Waals surface area contributed by atoms with Crippen LogP contribution in [0, 0.1) is 5.82 Å². The van der Waals surface area contributed by atoms with Crippen LogP contribution >= 0.6 is 0 Å². The first-order valence-electron chi connectivity index (χ1n) is 7.79. The number of amides is 1. The average molecular weight is 399 g/mol.